The fourth-order valence-electron chi connectivity index (χ4n) is 7.44. The van der Waals surface area contributed by atoms with Crippen molar-refractivity contribution in [2.45, 2.75) is 67.7 Å². The summed E-state index contributed by atoms with van der Waals surface area (Å²) in [7, 11) is 0. The molecule has 0 amide bonds. The Kier molecular flexibility index (Phi) is 7.48. The minimum absolute atomic E-state index is 0.0751. The van der Waals surface area contributed by atoms with Crippen molar-refractivity contribution < 1.29 is 0 Å². The summed E-state index contributed by atoms with van der Waals surface area (Å²) < 4.78 is 2.45. The molecule has 47 heavy (non-hydrogen) atoms. The number of fused-ring (bicyclic) bond motifs is 6. The fraction of sp³-hybridized carbons (Fsp3) is 0.217. The van der Waals surface area contributed by atoms with Crippen LogP contribution in [0.5, 0.6) is 0 Å². The molecule has 1 aliphatic rings. The van der Waals surface area contributed by atoms with Gasteiger partial charge in [0.2, 0.25) is 0 Å². The van der Waals surface area contributed by atoms with Crippen molar-refractivity contribution in [2.75, 3.05) is 0 Å². The van der Waals surface area contributed by atoms with Crippen LogP contribution in [0.15, 0.2) is 109 Å². The van der Waals surface area contributed by atoms with E-state index in [1.54, 1.807) is 0 Å². The Morgan fingerprint density at radius 3 is 1.53 bits per heavy atom. The van der Waals surface area contributed by atoms with Crippen LogP contribution in [0, 0.1) is 48.5 Å². The van der Waals surface area contributed by atoms with Crippen LogP contribution in [-0.4, -0.2) is 4.57 Å². The molecule has 0 unspecified atom stereocenters. The molecular formula is C46H45N. The second-order valence-corrected chi connectivity index (χ2v) is 14.4. The van der Waals surface area contributed by atoms with E-state index in [0.717, 1.165) is 0 Å². The summed E-state index contributed by atoms with van der Waals surface area (Å²) in [5.41, 5.74) is 21.2. The van der Waals surface area contributed by atoms with Gasteiger partial charge in [-0.05, 0) is 135 Å². The molecule has 8 rings (SSSR count). The van der Waals surface area contributed by atoms with Gasteiger partial charge in [-0.15, -0.1) is 0 Å². The monoisotopic (exact) mass is 611 g/mol. The Morgan fingerprint density at radius 1 is 0.383 bits per heavy atom. The van der Waals surface area contributed by atoms with Gasteiger partial charge in [0.05, 0.1) is 11.0 Å². The third-order valence-corrected chi connectivity index (χ3v) is 10.3. The average Bonchev–Trinajstić information content (AvgIpc) is 3.46. The summed E-state index contributed by atoms with van der Waals surface area (Å²) in [5.74, 6) is 0. The van der Waals surface area contributed by atoms with E-state index < -0.39 is 0 Å². The van der Waals surface area contributed by atoms with Gasteiger partial charge in [-0.3, -0.25) is 0 Å². The lowest BCUT2D eigenvalue weighted by Gasteiger charge is -2.23. The zero-order valence-corrected chi connectivity index (χ0v) is 29.3. The summed E-state index contributed by atoms with van der Waals surface area (Å²) >= 11 is 0. The van der Waals surface area contributed by atoms with Gasteiger partial charge < -0.3 is 4.57 Å². The number of hydrogen-bond acceptors (Lipinski definition) is 0. The molecule has 1 heteroatoms. The molecular weight excluding hydrogens is 567 g/mol. The van der Waals surface area contributed by atoms with E-state index in [-0.39, 0.29) is 5.41 Å². The highest BCUT2D eigenvalue weighted by atomic mass is 15.0. The van der Waals surface area contributed by atoms with Crippen molar-refractivity contribution in [3.8, 4) is 27.9 Å². The number of rotatable bonds is 2. The molecule has 0 aliphatic heterocycles. The van der Waals surface area contributed by atoms with Crippen LogP contribution >= 0.6 is 0 Å². The quantitative estimate of drug-likeness (QED) is 0.183. The van der Waals surface area contributed by atoms with Crippen LogP contribution in [0.1, 0.15) is 63.9 Å². The molecule has 1 nitrogen and oxygen atoms in total. The first-order valence-corrected chi connectivity index (χ1v) is 16.8. The first kappa shape index (κ1) is 30.8. The second-order valence-electron chi connectivity index (χ2n) is 14.4. The van der Waals surface area contributed by atoms with Gasteiger partial charge in [0.15, 0.2) is 0 Å². The van der Waals surface area contributed by atoms with Crippen LogP contribution in [0.2, 0.25) is 0 Å². The van der Waals surface area contributed by atoms with Gasteiger partial charge in [-0.25, -0.2) is 0 Å². The SMILES string of the molecule is Cc1ccc(-n2c3ccc(C)cc3c3cc4c(cc32)C(C)(C)c2cc(C)c(-c3cc(C)ccc3C)cc2-4)cc1.Cc1ccc(C)cc1. The molecule has 1 heterocycles. The first-order valence-electron chi connectivity index (χ1n) is 16.8. The number of aromatic nitrogens is 1. The number of nitrogens with zero attached hydrogens (tertiary/aromatic N) is 1. The molecule has 0 saturated carbocycles. The maximum absolute atomic E-state index is 2.48. The molecule has 1 aromatic heterocycles. The molecule has 0 spiro atoms. The molecule has 0 saturated heterocycles. The Morgan fingerprint density at radius 2 is 0.872 bits per heavy atom. The Hall–Kier alpha value is -4.88. The number of benzene rings is 6. The molecule has 234 valence electrons. The number of hydrogen-bond donors (Lipinski definition) is 0. The van der Waals surface area contributed by atoms with Crippen molar-refractivity contribution in [1.82, 2.24) is 4.57 Å². The summed E-state index contributed by atoms with van der Waals surface area (Å²) in [4.78, 5) is 0. The Balaban J connectivity index is 0.000000386. The molecule has 7 aromatic rings. The summed E-state index contributed by atoms with van der Waals surface area (Å²) in [6, 6.07) is 41.0. The highest BCUT2D eigenvalue weighted by Crippen LogP contribution is 2.52. The summed E-state index contributed by atoms with van der Waals surface area (Å²) in [5, 5.41) is 2.65. The second kappa shape index (κ2) is 11.4. The predicted molar refractivity (Wildman–Crippen MR) is 203 cm³/mol. The smallest absolute Gasteiger partial charge is 0.0544 e. The van der Waals surface area contributed by atoms with E-state index in [4.69, 9.17) is 0 Å². The van der Waals surface area contributed by atoms with Crippen LogP contribution in [0.4, 0.5) is 0 Å². The largest absolute Gasteiger partial charge is 0.309 e. The Labute approximate surface area is 280 Å². The lowest BCUT2D eigenvalue weighted by atomic mass is 9.81. The van der Waals surface area contributed by atoms with E-state index in [0.29, 0.717) is 0 Å². The van der Waals surface area contributed by atoms with E-state index in [1.807, 2.05) is 0 Å². The van der Waals surface area contributed by atoms with E-state index in [1.165, 1.54) is 99.8 Å². The van der Waals surface area contributed by atoms with Gasteiger partial charge in [-0.2, -0.15) is 0 Å². The normalized spacial score (nSPS) is 13.0. The van der Waals surface area contributed by atoms with Gasteiger partial charge in [0.1, 0.15) is 0 Å². The molecule has 0 fully saturated rings. The molecule has 0 bridgehead atoms. The first-order chi connectivity index (χ1) is 22.4. The van der Waals surface area contributed by atoms with Crippen molar-refractivity contribution in [3.05, 3.63) is 159 Å². The lowest BCUT2D eigenvalue weighted by Crippen LogP contribution is -2.15. The molecule has 6 aromatic carbocycles. The standard InChI is InChI=1S/C38H35N.C8H10/c1-22-9-13-27(14-10-22)39-36-15-11-24(3)17-32(36)33-20-31-30-19-29(28-16-23(2)8-12-25(28)4)26(5)18-34(30)38(6,7)35(31)21-37(33)39;1-7-3-5-8(2)6-4-7/h8-21H,1-7H3;3-6H,1-2H3. The fourth-order valence-corrected chi connectivity index (χ4v) is 7.44. The zero-order valence-electron chi connectivity index (χ0n) is 29.3. The molecule has 0 radical (unpaired) electrons. The maximum atomic E-state index is 2.48. The molecule has 0 atom stereocenters. The van der Waals surface area contributed by atoms with E-state index in [2.05, 4.69) is 176 Å². The average molecular weight is 612 g/mol. The van der Waals surface area contributed by atoms with Gasteiger partial charge in [-0.1, -0.05) is 108 Å². The van der Waals surface area contributed by atoms with Gasteiger partial charge >= 0.3 is 0 Å². The topological polar surface area (TPSA) is 4.93 Å². The van der Waals surface area contributed by atoms with E-state index in [9.17, 15) is 0 Å². The third-order valence-electron chi connectivity index (χ3n) is 10.3. The van der Waals surface area contributed by atoms with Crippen molar-refractivity contribution >= 4 is 21.8 Å². The summed E-state index contributed by atoms with van der Waals surface area (Å²) in [6.07, 6.45) is 0. The highest BCUT2D eigenvalue weighted by Gasteiger charge is 2.37. The van der Waals surface area contributed by atoms with Crippen LogP contribution < -0.4 is 0 Å². The van der Waals surface area contributed by atoms with Crippen molar-refractivity contribution in [1.29, 1.82) is 0 Å². The minimum Gasteiger partial charge on any atom is -0.309 e. The minimum atomic E-state index is -0.0751. The van der Waals surface area contributed by atoms with Crippen molar-refractivity contribution in [3.63, 3.8) is 0 Å². The Bertz CT molecular complexity index is 2290. The maximum Gasteiger partial charge on any atom is 0.0544 e. The summed E-state index contributed by atoms with van der Waals surface area (Å²) in [6.45, 7) is 20.0. The lowest BCUT2D eigenvalue weighted by molar-refractivity contribution is 0.660. The predicted octanol–water partition coefficient (Wildman–Crippen LogP) is 12.6. The zero-order chi connectivity index (χ0) is 33.2. The number of aryl methyl sites for hydroxylation is 7. The van der Waals surface area contributed by atoms with Gasteiger partial charge in [0, 0.05) is 21.9 Å². The van der Waals surface area contributed by atoms with Crippen molar-refractivity contribution in [2.24, 2.45) is 0 Å². The van der Waals surface area contributed by atoms with Crippen LogP contribution in [-0.2, 0) is 5.41 Å². The third kappa shape index (κ3) is 5.28. The van der Waals surface area contributed by atoms with E-state index >= 15 is 0 Å². The van der Waals surface area contributed by atoms with Gasteiger partial charge in [0.25, 0.3) is 0 Å². The molecule has 0 N–H and O–H groups in total. The van der Waals surface area contributed by atoms with Crippen LogP contribution in [0.25, 0.3) is 49.7 Å². The van der Waals surface area contributed by atoms with Crippen LogP contribution in [0.3, 0.4) is 0 Å². The highest BCUT2D eigenvalue weighted by molar-refractivity contribution is 6.12. The molecule has 1 aliphatic carbocycles.